The molecule has 4 aromatic rings. The van der Waals surface area contributed by atoms with Crippen LogP contribution in [0.25, 0.3) is 38.8 Å². The summed E-state index contributed by atoms with van der Waals surface area (Å²) in [5.41, 5.74) is 4.34. The van der Waals surface area contributed by atoms with Gasteiger partial charge in [-0.15, -0.1) is 0 Å². The Morgan fingerprint density at radius 2 is 1.76 bits per heavy atom. The minimum Gasteiger partial charge on any atom is -0.454 e. The maximum atomic E-state index is 6.29. The molecule has 1 aliphatic rings. The summed E-state index contributed by atoms with van der Waals surface area (Å²) in [5.74, 6) is 0. The largest absolute Gasteiger partial charge is 0.454 e. The summed E-state index contributed by atoms with van der Waals surface area (Å²) < 4.78 is 6.12. The van der Waals surface area contributed by atoms with Gasteiger partial charge in [-0.2, -0.15) is 0 Å². The number of benzene rings is 3. The van der Waals surface area contributed by atoms with Crippen LogP contribution in [0, 0.1) is 0 Å². The number of furan rings is 1. The fourth-order valence-corrected chi connectivity index (χ4v) is 3.63. The average Bonchev–Trinajstić information content (AvgIpc) is 2.89. The molecular weight excluding hydrogens is 280 g/mol. The molecule has 0 bridgehead atoms. The van der Waals surface area contributed by atoms with E-state index >= 15 is 0 Å². The van der Waals surface area contributed by atoms with Gasteiger partial charge in [0.05, 0.1) is 5.02 Å². The molecule has 0 amide bonds. The van der Waals surface area contributed by atoms with Crippen molar-refractivity contribution >= 4 is 50.4 Å². The molecule has 0 N–H and O–H groups in total. The second-order valence-corrected chi connectivity index (χ2v) is 5.91. The van der Waals surface area contributed by atoms with E-state index in [9.17, 15) is 0 Å². The summed E-state index contributed by atoms with van der Waals surface area (Å²) in [6.07, 6.45) is 5.41. The first kappa shape index (κ1) is 11.4. The Balaban J connectivity index is 2.12. The summed E-state index contributed by atoms with van der Waals surface area (Å²) in [7, 11) is 0. The van der Waals surface area contributed by atoms with Crippen LogP contribution in [-0.2, 0) is 6.42 Å². The molecule has 1 aliphatic carbocycles. The van der Waals surface area contributed by atoms with E-state index in [1.165, 1.54) is 21.9 Å². The van der Waals surface area contributed by atoms with E-state index in [2.05, 4.69) is 42.5 Å². The SMILES string of the molecule is Clc1cccc2c1oc1c3cccc4c3c(cc21)C=CC4. The fourth-order valence-electron chi connectivity index (χ4n) is 3.42. The summed E-state index contributed by atoms with van der Waals surface area (Å²) in [6, 6.07) is 14.6. The van der Waals surface area contributed by atoms with Crippen molar-refractivity contribution < 1.29 is 4.42 Å². The van der Waals surface area contributed by atoms with Crippen LogP contribution in [0.15, 0.2) is 53.0 Å². The molecule has 0 fully saturated rings. The molecule has 0 unspecified atom stereocenters. The van der Waals surface area contributed by atoms with Crippen LogP contribution in [-0.4, -0.2) is 0 Å². The molecule has 1 heterocycles. The quantitative estimate of drug-likeness (QED) is 0.389. The van der Waals surface area contributed by atoms with E-state index in [-0.39, 0.29) is 0 Å². The van der Waals surface area contributed by atoms with Crippen molar-refractivity contribution in [3.8, 4) is 0 Å². The topological polar surface area (TPSA) is 13.1 Å². The number of para-hydroxylation sites is 1. The third-order valence-electron chi connectivity index (χ3n) is 4.32. The predicted octanol–water partition coefficient (Wildman–Crippen LogP) is 5.96. The summed E-state index contributed by atoms with van der Waals surface area (Å²) >= 11 is 6.29. The lowest BCUT2D eigenvalue weighted by molar-refractivity contribution is 0.673. The second-order valence-electron chi connectivity index (χ2n) is 5.51. The van der Waals surface area contributed by atoms with Crippen molar-refractivity contribution in [1.29, 1.82) is 0 Å². The molecule has 3 aromatic carbocycles. The van der Waals surface area contributed by atoms with Crippen LogP contribution in [0.2, 0.25) is 5.02 Å². The van der Waals surface area contributed by atoms with Gasteiger partial charge < -0.3 is 4.42 Å². The van der Waals surface area contributed by atoms with Crippen molar-refractivity contribution in [3.05, 3.63) is 64.7 Å². The van der Waals surface area contributed by atoms with Crippen molar-refractivity contribution in [2.75, 3.05) is 0 Å². The minimum atomic E-state index is 0.667. The van der Waals surface area contributed by atoms with Crippen molar-refractivity contribution in [1.82, 2.24) is 0 Å². The molecule has 0 saturated heterocycles. The molecule has 1 nitrogen and oxygen atoms in total. The number of rotatable bonds is 0. The van der Waals surface area contributed by atoms with Crippen LogP contribution in [0.5, 0.6) is 0 Å². The van der Waals surface area contributed by atoms with E-state index in [1.807, 2.05) is 12.1 Å². The molecular formula is C19H11ClO. The fraction of sp³-hybridized carbons (Fsp3) is 0.0526. The minimum absolute atomic E-state index is 0.667. The van der Waals surface area contributed by atoms with Gasteiger partial charge in [0.1, 0.15) is 5.58 Å². The first-order chi connectivity index (χ1) is 10.3. The molecule has 100 valence electrons. The molecule has 0 spiro atoms. The molecule has 5 rings (SSSR count). The van der Waals surface area contributed by atoms with Crippen molar-refractivity contribution in [3.63, 3.8) is 0 Å². The number of fused-ring (bicyclic) bond motifs is 4. The van der Waals surface area contributed by atoms with Gasteiger partial charge in [-0.1, -0.05) is 54.1 Å². The number of halogens is 1. The lowest BCUT2D eigenvalue weighted by Gasteiger charge is -2.12. The van der Waals surface area contributed by atoms with Gasteiger partial charge in [0, 0.05) is 16.2 Å². The smallest absolute Gasteiger partial charge is 0.154 e. The van der Waals surface area contributed by atoms with E-state index in [0.717, 1.165) is 28.4 Å². The first-order valence-corrected chi connectivity index (χ1v) is 7.42. The third kappa shape index (κ3) is 1.42. The molecule has 0 radical (unpaired) electrons. The molecule has 0 atom stereocenters. The Bertz CT molecular complexity index is 1070. The molecule has 1 aromatic heterocycles. The van der Waals surface area contributed by atoms with Gasteiger partial charge in [-0.3, -0.25) is 0 Å². The monoisotopic (exact) mass is 290 g/mol. The van der Waals surface area contributed by atoms with Crippen molar-refractivity contribution in [2.24, 2.45) is 0 Å². The highest BCUT2D eigenvalue weighted by Crippen LogP contribution is 2.40. The lowest BCUT2D eigenvalue weighted by Crippen LogP contribution is -1.92. The standard InChI is InChI=1S/C19H11ClO/c20-16-9-3-7-13-15-10-12-6-1-4-11-5-2-8-14(17(11)12)18(15)21-19(13)16/h1-3,5-10H,4H2. The Hall–Kier alpha value is -2.25. The highest BCUT2D eigenvalue weighted by molar-refractivity contribution is 6.36. The Kier molecular flexibility index (Phi) is 2.12. The van der Waals surface area contributed by atoms with Gasteiger partial charge in [0.25, 0.3) is 0 Å². The summed E-state index contributed by atoms with van der Waals surface area (Å²) in [6.45, 7) is 0. The molecule has 21 heavy (non-hydrogen) atoms. The van der Waals surface area contributed by atoms with Gasteiger partial charge >= 0.3 is 0 Å². The maximum absolute atomic E-state index is 6.29. The van der Waals surface area contributed by atoms with E-state index in [0.29, 0.717) is 5.02 Å². The third-order valence-corrected chi connectivity index (χ3v) is 4.62. The second kappa shape index (κ2) is 3.90. The zero-order chi connectivity index (χ0) is 14.0. The van der Waals surface area contributed by atoms with Crippen LogP contribution in [0.3, 0.4) is 0 Å². The van der Waals surface area contributed by atoms with Crippen LogP contribution in [0.1, 0.15) is 11.1 Å². The van der Waals surface area contributed by atoms with Crippen molar-refractivity contribution in [2.45, 2.75) is 6.42 Å². The summed E-state index contributed by atoms with van der Waals surface area (Å²) in [5, 5.41) is 5.37. The number of allylic oxidation sites excluding steroid dienone is 1. The predicted molar refractivity (Wildman–Crippen MR) is 89.0 cm³/mol. The zero-order valence-corrected chi connectivity index (χ0v) is 11.9. The molecule has 0 aliphatic heterocycles. The number of hydrogen-bond acceptors (Lipinski definition) is 1. The lowest BCUT2D eigenvalue weighted by atomic mass is 9.91. The molecule has 0 saturated carbocycles. The Morgan fingerprint density at radius 1 is 0.905 bits per heavy atom. The van der Waals surface area contributed by atoms with Gasteiger partial charge in [0.2, 0.25) is 0 Å². The van der Waals surface area contributed by atoms with Gasteiger partial charge in [-0.05, 0) is 35.1 Å². The van der Waals surface area contributed by atoms with Gasteiger partial charge in [-0.25, -0.2) is 0 Å². The highest BCUT2D eigenvalue weighted by Gasteiger charge is 2.17. The summed E-state index contributed by atoms with van der Waals surface area (Å²) in [4.78, 5) is 0. The van der Waals surface area contributed by atoms with Crippen LogP contribution >= 0.6 is 11.6 Å². The van der Waals surface area contributed by atoms with E-state index in [1.54, 1.807) is 0 Å². The highest BCUT2D eigenvalue weighted by atomic mass is 35.5. The molecule has 2 heteroatoms. The number of hydrogen-bond donors (Lipinski definition) is 0. The Labute approximate surface area is 126 Å². The maximum Gasteiger partial charge on any atom is 0.154 e. The van der Waals surface area contributed by atoms with Gasteiger partial charge in [0.15, 0.2) is 5.58 Å². The van der Waals surface area contributed by atoms with Crippen LogP contribution in [0.4, 0.5) is 0 Å². The van der Waals surface area contributed by atoms with Crippen LogP contribution < -0.4 is 0 Å². The zero-order valence-electron chi connectivity index (χ0n) is 11.2. The van der Waals surface area contributed by atoms with E-state index in [4.69, 9.17) is 16.0 Å². The Morgan fingerprint density at radius 3 is 2.71 bits per heavy atom. The average molecular weight is 291 g/mol. The normalized spacial score (nSPS) is 13.6. The first-order valence-electron chi connectivity index (χ1n) is 7.05. The van der Waals surface area contributed by atoms with E-state index < -0.39 is 0 Å².